The van der Waals surface area contributed by atoms with Crippen molar-refractivity contribution in [3.05, 3.63) is 52.9 Å². The number of benzene rings is 1. The molecule has 0 saturated heterocycles. The molecule has 0 saturated carbocycles. The van der Waals surface area contributed by atoms with Crippen molar-refractivity contribution in [1.29, 1.82) is 0 Å². The molecule has 3 aromatic rings. The number of nitrogens with zero attached hydrogens (tertiary/aromatic N) is 2. The van der Waals surface area contributed by atoms with E-state index in [2.05, 4.69) is 4.98 Å². The Labute approximate surface area is 144 Å². The van der Waals surface area contributed by atoms with Gasteiger partial charge in [-0.15, -0.1) is 0 Å². The van der Waals surface area contributed by atoms with Gasteiger partial charge < -0.3 is 20.4 Å². The van der Waals surface area contributed by atoms with Gasteiger partial charge in [0.2, 0.25) is 0 Å². The molecule has 3 rings (SSSR count). The van der Waals surface area contributed by atoms with Crippen molar-refractivity contribution in [3.8, 4) is 17.0 Å². The van der Waals surface area contributed by atoms with Gasteiger partial charge in [0, 0.05) is 23.6 Å². The number of aromatic amines is 1. The van der Waals surface area contributed by atoms with Crippen LogP contribution in [0.5, 0.6) is 5.75 Å². The fourth-order valence-corrected chi connectivity index (χ4v) is 2.56. The van der Waals surface area contributed by atoms with Gasteiger partial charge in [-0.05, 0) is 50.5 Å². The quantitative estimate of drug-likeness (QED) is 0.741. The van der Waals surface area contributed by atoms with E-state index in [1.807, 2.05) is 43.3 Å². The van der Waals surface area contributed by atoms with Crippen molar-refractivity contribution in [2.75, 3.05) is 27.2 Å². The van der Waals surface area contributed by atoms with Gasteiger partial charge in [0.1, 0.15) is 12.4 Å². The summed E-state index contributed by atoms with van der Waals surface area (Å²) in [7, 11) is 3.98. The molecule has 3 N–H and O–H groups in total. The summed E-state index contributed by atoms with van der Waals surface area (Å²) in [5.74, 6) is 0.766. The largest absolute Gasteiger partial charge is 0.492 e. The van der Waals surface area contributed by atoms with E-state index >= 15 is 0 Å². The Bertz CT molecular complexity index is 972. The van der Waals surface area contributed by atoms with Crippen molar-refractivity contribution in [1.82, 2.24) is 14.5 Å². The van der Waals surface area contributed by atoms with Crippen molar-refractivity contribution < 1.29 is 9.53 Å². The molecule has 0 fully saturated rings. The number of rotatable bonds is 5. The monoisotopic (exact) mass is 340 g/mol. The molecule has 0 bridgehead atoms. The number of nitrogens with two attached hydrogens (primary N) is 1. The smallest absolute Gasteiger partial charge is 0.325 e. The number of nitrogens with one attached hydrogen (secondary N) is 1. The first kappa shape index (κ1) is 16.8. The second-order valence-electron chi connectivity index (χ2n) is 6.02. The Balaban J connectivity index is 1.93. The lowest BCUT2D eigenvalue weighted by atomic mass is 10.2. The molecule has 7 heteroatoms. The van der Waals surface area contributed by atoms with Crippen LogP contribution in [0.4, 0.5) is 4.79 Å². The van der Waals surface area contributed by atoms with Gasteiger partial charge in [0.25, 0.3) is 5.56 Å². The second-order valence-corrected chi connectivity index (χ2v) is 6.02. The molecule has 0 spiro atoms. The summed E-state index contributed by atoms with van der Waals surface area (Å²) in [5.41, 5.74) is 6.65. The van der Waals surface area contributed by atoms with E-state index in [0.717, 1.165) is 27.8 Å². The van der Waals surface area contributed by atoms with Gasteiger partial charge in [0.15, 0.2) is 0 Å². The zero-order valence-corrected chi connectivity index (χ0v) is 14.2. The van der Waals surface area contributed by atoms with Crippen LogP contribution in [-0.4, -0.2) is 47.7 Å². The molecular formula is C18H20N4O3. The summed E-state index contributed by atoms with van der Waals surface area (Å²) in [5, 5.41) is 0.922. The number of H-pyrrole nitrogens is 1. The van der Waals surface area contributed by atoms with E-state index in [1.165, 1.54) is 6.20 Å². The minimum Gasteiger partial charge on any atom is -0.492 e. The number of carbonyl (C=O) groups excluding carboxylic acids is 1. The van der Waals surface area contributed by atoms with E-state index in [-0.39, 0.29) is 0 Å². The summed E-state index contributed by atoms with van der Waals surface area (Å²) in [6.07, 6.45) is 1.35. The van der Waals surface area contributed by atoms with Crippen molar-refractivity contribution in [2.24, 2.45) is 5.73 Å². The van der Waals surface area contributed by atoms with E-state index in [1.54, 1.807) is 12.1 Å². The molecule has 0 atom stereocenters. The SMILES string of the molecule is CN(C)CCOc1ccc2[nH]c(-c3cccn(C(N)=O)c3=O)cc2c1. The Morgan fingerprint density at radius 3 is 2.80 bits per heavy atom. The number of fused-ring (bicyclic) bond motifs is 1. The van der Waals surface area contributed by atoms with Crippen LogP contribution in [0.2, 0.25) is 0 Å². The average molecular weight is 340 g/mol. The van der Waals surface area contributed by atoms with Gasteiger partial charge in [-0.2, -0.15) is 0 Å². The van der Waals surface area contributed by atoms with E-state index < -0.39 is 11.6 Å². The first-order valence-electron chi connectivity index (χ1n) is 7.88. The highest BCUT2D eigenvalue weighted by atomic mass is 16.5. The van der Waals surface area contributed by atoms with Crippen molar-refractivity contribution in [3.63, 3.8) is 0 Å². The zero-order chi connectivity index (χ0) is 18.0. The van der Waals surface area contributed by atoms with Crippen LogP contribution in [0.15, 0.2) is 47.4 Å². The molecule has 0 unspecified atom stereocenters. The highest BCUT2D eigenvalue weighted by molar-refractivity contribution is 5.87. The summed E-state index contributed by atoms with van der Waals surface area (Å²) >= 11 is 0. The van der Waals surface area contributed by atoms with Crippen LogP contribution in [0.3, 0.4) is 0 Å². The molecule has 130 valence electrons. The maximum Gasteiger partial charge on any atom is 0.325 e. The summed E-state index contributed by atoms with van der Waals surface area (Å²) < 4.78 is 6.62. The van der Waals surface area contributed by atoms with E-state index in [4.69, 9.17) is 10.5 Å². The Morgan fingerprint density at radius 1 is 1.28 bits per heavy atom. The minimum atomic E-state index is -0.806. The van der Waals surface area contributed by atoms with Crippen LogP contribution < -0.4 is 16.0 Å². The topological polar surface area (TPSA) is 93.3 Å². The molecule has 1 amide bonds. The highest BCUT2D eigenvalue weighted by Crippen LogP contribution is 2.25. The van der Waals surface area contributed by atoms with E-state index in [9.17, 15) is 9.59 Å². The van der Waals surface area contributed by atoms with Crippen LogP contribution in [-0.2, 0) is 0 Å². The maximum atomic E-state index is 12.4. The lowest BCUT2D eigenvalue weighted by Gasteiger charge is -2.10. The number of likely N-dealkylation sites (N-methyl/N-ethyl adjacent to an activating group) is 1. The maximum absolute atomic E-state index is 12.4. The number of carbonyl (C=O) groups is 1. The predicted molar refractivity (Wildman–Crippen MR) is 97.0 cm³/mol. The highest BCUT2D eigenvalue weighted by Gasteiger charge is 2.11. The lowest BCUT2D eigenvalue weighted by Crippen LogP contribution is -2.31. The number of hydrogen-bond donors (Lipinski definition) is 2. The lowest BCUT2D eigenvalue weighted by molar-refractivity contribution is 0.249. The van der Waals surface area contributed by atoms with E-state index in [0.29, 0.717) is 17.9 Å². The molecule has 2 aromatic heterocycles. The predicted octanol–water partition coefficient (Wildman–Crippen LogP) is 1.86. The second kappa shape index (κ2) is 6.82. The molecule has 1 aromatic carbocycles. The number of ether oxygens (including phenoxy) is 1. The van der Waals surface area contributed by atoms with Gasteiger partial charge in [-0.25, -0.2) is 9.36 Å². The molecule has 0 aliphatic carbocycles. The van der Waals surface area contributed by atoms with Gasteiger partial charge in [0.05, 0.1) is 11.3 Å². The molecule has 2 heterocycles. The fourth-order valence-electron chi connectivity index (χ4n) is 2.56. The third-order valence-corrected chi connectivity index (χ3v) is 3.87. The van der Waals surface area contributed by atoms with Crippen LogP contribution in [0, 0.1) is 0 Å². The van der Waals surface area contributed by atoms with Crippen LogP contribution in [0.25, 0.3) is 22.2 Å². The number of amides is 1. The third-order valence-electron chi connectivity index (χ3n) is 3.87. The number of hydrogen-bond acceptors (Lipinski definition) is 4. The molecule has 0 aliphatic heterocycles. The minimum absolute atomic E-state index is 0.382. The normalized spacial score (nSPS) is 11.2. The van der Waals surface area contributed by atoms with Crippen LogP contribution >= 0.6 is 0 Å². The number of primary amides is 1. The Morgan fingerprint density at radius 2 is 2.08 bits per heavy atom. The first-order chi connectivity index (χ1) is 12.0. The Kier molecular flexibility index (Phi) is 4.58. The molecule has 25 heavy (non-hydrogen) atoms. The van der Waals surface area contributed by atoms with Crippen LogP contribution in [0.1, 0.15) is 0 Å². The molecular weight excluding hydrogens is 320 g/mol. The molecule has 0 aliphatic rings. The fraction of sp³-hybridized carbons (Fsp3) is 0.222. The number of aromatic nitrogens is 2. The van der Waals surface area contributed by atoms with Crippen molar-refractivity contribution >= 4 is 16.9 Å². The third kappa shape index (κ3) is 3.56. The first-order valence-corrected chi connectivity index (χ1v) is 7.88. The summed E-state index contributed by atoms with van der Waals surface area (Å²) in [6.45, 7) is 1.42. The standard InChI is InChI=1S/C18H20N4O3/c1-21(2)8-9-25-13-5-6-15-12(10-13)11-16(20-15)14-4-3-7-22(17(14)23)18(19)24/h3-7,10-11,20H,8-9H2,1-2H3,(H2,19,24). The van der Waals surface area contributed by atoms with Gasteiger partial charge >= 0.3 is 6.03 Å². The Hall–Kier alpha value is -3.06. The van der Waals surface area contributed by atoms with Gasteiger partial charge in [-0.3, -0.25) is 4.79 Å². The molecule has 0 radical (unpaired) electrons. The van der Waals surface area contributed by atoms with Crippen molar-refractivity contribution in [2.45, 2.75) is 0 Å². The zero-order valence-electron chi connectivity index (χ0n) is 14.2. The van der Waals surface area contributed by atoms with Gasteiger partial charge in [-0.1, -0.05) is 0 Å². The average Bonchev–Trinajstić information content (AvgIpc) is 2.97. The summed E-state index contributed by atoms with van der Waals surface area (Å²) in [6, 6.07) is 10.0. The summed E-state index contributed by atoms with van der Waals surface area (Å²) in [4.78, 5) is 28.9. The molecule has 7 nitrogen and oxygen atoms in total. The number of pyridine rings is 1.